The van der Waals surface area contributed by atoms with Crippen molar-refractivity contribution in [2.24, 2.45) is 0 Å². The van der Waals surface area contributed by atoms with Crippen LogP contribution >= 0.6 is 12.4 Å². The Balaban J connectivity index is 0.00000192. The van der Waals surface area contributed by atoms with Crippen LogP contribution in [0.1, 0.15) is 31.2 Å². The van der Waals surface area contributed by atoms with Gasteiger partial charge in [-0.15, -0.1) is 12.4 Å². The van der Waals surface area contributed by atoms with Gasteiger partial charge in [0.2, 0.25) is 10.0 Å². The summed E-state index contributed by atoms with van der Waals surface area (Å²) in [6, 6.07) is 6.47. The Kier molecular flexibility index (Phi) is 5.61. The van der Waals surface area contributed by atoms with Crippen molar-refractivity contribution in [2.45, 2.75) is 49.6 Å². The zero-order chi connectivity index (χ0) is 15.7. The van der Waals surface area contributed by atoms with E-state index in [1.54, 1.807) is 0 Å². The van der Waals surface area contributed by atoms with Crippen LogP contribution in [0.2, 0.25) is 0 Å². The van der Waals surface area contributed by atoms with Crippen molar-refractivity contribution in [3.63, 3.8) is 0 Å². The minimum absolute atomic E-state index is 0. The molecule has 1 aromatic carbocycles. The van der Waals surface area contributed by atoms with Crippen molar-refractivity contribution in [2.75, 3.05) is 0 Å². The summed E-state index contributed by atoms with van der Waals surface area (Å²) in [5, 5.41) is 14.1. The number of nitro benzene ring substituents is 1. The maximum Gasteiger partial charge on any atom is 0.269 e. The first-order valence-corrected chi connectivity index (χ1v) is 9.06. The van der Waals surface area contributed by atoms with E-state index in [0.717, 1.165) is 25.7 Å². The van der Waals surface area contributed by atoms with Crippen molar-refractivity contribution in [3.05, 3.63) is 39.9 Å². The fraction of sp³-hybridized carbons (Fsp3) is 0.571. The van der Waals surface area contributed by atoms with Crippen LogP contribution in [-0.4, -0.2) is 31.5 Å². The number of nitro groups is 1. The molecule has 9 heteroatoms. The van der Waals surface area contributed by atoms with Crippen LogP contribution in [0.3, 0.4) is 0 Å². The summed E-state index contributed by atoms with van der Waals surface area (Å²) in [6.45, 7) is 0. The van der Waals surface area contributed by atoms with Gasteiger partial charge < -0.3 is 5.32 Å². The molecule has 0 aromatic heterocycles. The summed E-state index contributed by atoms with van der Waals surface area (Å²) in [5.74, 6) is -0.149. The Morgan fingerprint density at radius 1 is 1.17 bits per heavy atom. The number of fused-ring (bicyclic) bond motifs is 2. The summed E-state index contributed by atoms with van der Waals surface area (Å²) in [4.78, 5) is 10.1. The highest BCUT2D eigenvalue weighted by atomic mass is 35.5. The molecular weight excluding hydrogens is 342 g/mol. The number of sulfonamides is 1. The maximum absolute atomic E-state index is 12.3. The van der Waals surface area contributed by atoms with Gasteiger partial charge in [0.05, 0.1) is 10.7 Å². The normalized spacial score (nSPS) is 26.5. The van der Waals surface area contributed by atoms with Crippen LogP contribution < -0.4 is 10.0 Å². The molecule has 0 amide bonds. The average Bonchev–Trinajstić information content (AvgIpc) is 2.77. The van der Waals surface area contributed by atoms with Gasteiger partial charge in [0, 0.05) is 30.3 Å². The van der Waals surface area contributed by atoms with E-state index < -0.39 is 14.9 Å². The first-order chi connectivity index (χ1) is 10.4. The molecule has 1 aromatic rings. The summed E-state index contributed by atoms with van der Waals surface area (Å²) >= 11 is 0. The monoisotopic (exact) mass is 361 g/mol. The molecule has 2 aliphatic rings. The zero-order valence-corrected chi connectivity index (χ0v) is 14.1. The molecule has 2 heterocycles. The number of nitrogens with zero attached hydrogens (tertiary/aromatic N) is 1. The van der Waals surface area contributed by atoms with E-state index in [1.165, 1.54) is 24.3 Å². The van der Waals surface area contributed by atoms with Crippen molar-refractivity contribution in [1.29, 1.82) is 0 Å². The minimum Gasteiger partial charge on any atom is -0.311 e. The van der Waals surface area contributed by atoms with Gasteiger partial charge in [0.15, 0.2) is 0 Å². The number of benzene rings is 1. The Morgan fingerprint density at radius 3 is 2.26 bits per heavy atom. The van der Waals surface area contributed by atoms with Gasteiger partial charge >= 0.3 is 0 Å². The Bertz CT molecular complexity index is 653. The first kappa shape index (κ1) is 18.1. The smallest absolute Gasteiger partial charge is 0.269 e. The number of hydrogen-bond donors (Lipinski definition) is 2. The predicted molar refractivity (Wildman–Crippen MR) is 89.1 cm³/mol. The lowest BCUT2D eigenvalue weighted by atomic mass is 10.0. The highest BCUT2D eigenvalue weighted by Crippen LogP contribution is 2.27. The van der Waals surface area contributed by atoms with Gasteiger partial charge in [-0.25, -0.2) is 13.1 Å². The topological polar surface area (TPSA) is 101 Å². The second-order valence-electron chi connectivity index (χ2n) is 6.11. The second-order valence-corrected chi connectivity index (χ2v) is 7.86. The minimum atomic E-state index is -3.43. The Labute approximate surface area is 141 Å². The SMILES string of the molecule is Cl.O=[N+]([O-])c1ccc(CS(=O)(=O)NC2CC3CCC(C2)N3)cc1. The van der Waals surface area contributed by atoms with Crippen LogP contribution in [0, 0.1) is 10.1 Å². The van der Waals surface area contributed by atoms with Gasteiger partial charge in [-0.2, -0.15) is 0 Å². The molecule has 23 heavy (non-hydrogen) atoms. The van der Waals surface area contributed by atoms with Crippen LogP contribution in [0.15, 0.2) is 24.3 Å². The number of rotatable bonds is 5. The fourth-order valence-corrected chi connectivity index (χ4v) is 4.80. The standard InChI is InChI=1S/C14H19N3O4S.ClH/c18-17(19)14-5-1-10(2-6-14)9-22(20,21)16-13-7-11-3-4-12(8-13)15-11;/h1-2,5-6,11-13,15-16H,3-4,7-9H2;1H. The number of hydrogen-bond acceptors (Lipinski definition) is 5. The van der Waals surface area contributed by atoms with Gasteiger partial charge in [0.1, 0.15) is 0 Å². The van der Waals surface area contributed by atoms with E-state index in [0.29, 0.717) is 17.6 Å². The second kappa shape index (κ2) is 7.12. The molecule has 0 radical (unpaired) electrons. The number of halogens is 1. The molecule has 0 spiro atoms. The van der Waals surface area contributed by atoms with Gasteiger partial charge in [-0.05, 0) is 31.2 Å². The molecule has 0 aliphatic carbocycles. The summed E-state index contributed by atoms with van der Waals surface area (Å²) in [5.41, 5.74) is 0.513. The van der Waals surface area contributed by atoms with Crippen molar-refractivity contribution in [1.82, 2.24) is 10.0 Å². The van der Waals surface area contributed by atoms with Gasteiger partial charge in [-0.3, -0.25) is 10.1 Å². The number of non-ortho nitro benzene ring substituents is 1. The molecule has 2 N–H and O–H groups in total. The van der Waals surface area contributed by atoms with E-state index in [9.17, 15) is 18.5 Å². The maximum atomic E-state index is 12.3. The molecule has 7 nitrogen and oxygen atoms in total. The Morgan fingerprint density at radius 2 is 1.74 bits per heavy atom. The molecule has 2 atom stereocenters. The summed E-state index contributed by atoms with van der Waals surface area (Å²) in [6.07, 6.45) is 3.89. The van der Waals surface area contributed by atoms with E-state index in [-0.39, 0.29) is 29.9 Å². The zero-order valence-electron chi connectivity index (χ0n) is 12.5. The third-order valence-electron chi connectivity index (χ3n) is 4.32. The molecule has 0 saturated carbocycles. The number of nitrogens with one attached hydrogen (secondary N) is 2. The van der Waals surface area contributed by atoms with E-state index in [4.69, 9.17) is 0 Å². The van der Waals surface area contributed by atoms with Crippen molar-refractivity contribution >= 4 is 28.1 Å². The number of piperidine rings is 1. The highest BCUT2D eigenvalue weighted by Gasteiger charge is 2.35. The largest absolute Gasteiger partial charge is 0.311 e. The fourth-order valence-electron chi connectivity index (χ4n) is 3.38. The van der Waals surface area contributed by atoms with E-state index in [1.807, 2.05) is 0 Å². The predicted octanol–water partition coefficient (Wildman–Crippen LogP) is 1.72. The molecular formula is C14H20ClN3O4S. The Hall–Kier alpha value is -1.22. The van der Waals surface area contributed by atoms with Crippen LogP contribution in [0.4, 0.5) is 5.69 Å². The van der Waals surface area contributed by atoms with Crippen LogP contribution in [0.25, 0.3) is 0 Å². The lowest BCUT2D eigenvalue weighted by Gasteiger charge is -2.29. The molecule has 2 aliphatic heterocycles. The van der Waals surface area contributed by atoms with Crippen molar-refractivity contribution in [3.8, 4) is 0 Å². The third kappa shape index (κ3) is 4.63. The third-order valence-corrected chi connectivity index (χ3v) is 5.73. The van der Waals surface area contributed by atoms with Gasteiger partial charge in [-0.1, -0.05) is 12.1 Å². The molecule has 3 rings (SSSR count). The molecule has 2 unspecified atom stereocenters. The highest BCUT2D eigenvalue weighted by molar-refractivity contribution is 7.88. The molecule has 2 bridgehead atoms. The molecule has 128 valence electrons. The van der Waals surface area contributed by atoms with E-state index in [2.05, 4.69) is 10.0 Å². The first-order valence-electron chi connectivity index (χ1n) is 7.41. The average molecular weight is 362 g/mol. The van der Waals surface area contributed by atoms with Gasteiger partial charge in [0.25, 0.3) is 5.69 Å². The van der Waals surface area contributed by atoms with Crippen LogP contribution in [0.5, 0.6) is 0 Å². The van der Waals surface area contributed by atoms with E-state index >= 15 is 0 Å². The molecule has 2 saturated heterocycles. The summed E-state index contributed by atoms with van der Waals surface area (Å²) in [7, 11) is -3.43. The lowest BCUT2D eigenvalue weighted by molar-refractivity contribution is -0.384. The summed E-state index contributed by atoms with van der Waals surface area (Å²) < 4.78 is 27.3. The molecule has 2 fully saturated rings. The van der Waals surface area contributed by atoms with Crippen molar-refractivity contribution < 1.29 is 13.3 Å². The van der Waals surface area contributed by atoms with Crippen LogP contribution in [-0.2, 0) is 15.8 Å². The quantitative estimate of drug-likeness (QED) is 0.614. The lowest BCUT2D eigenvalue weighted by Crippen LogP contribution is -2.48.